The Kier molecular flexibility index (Phi) is 5.11. The molecular weight excluding hydrogens is 375 g/mol. The van der Waals surface area contributed by atoms with Gasteiger partial charge in [-0.1, -0.05) is 12.1 Å². The normalized spacial score (nSPS) is 17.6. The molecule has 0 saturated carbocycles. The van der Waals surface area contributed by atoms with Gasteiger partial charge in [-0.3, -0.25) is 14.8 Å². The zero-order valence-electron chi connectivity index (χ0n) is 15.9. The maximum absolute atomic E-state index is 13.0. The SMILES string of the molecule is C[C@@H](NC(=O)Nc1cc2cnn(C3CCNC(=O)C3)c2cn1)c1ccc(F)cc1. The number of benzene rings is 1. The van der Waals surface area contributed by atoms with Crippen molar-refractivity contribution in [1.29, 1.82) is 0 Å². The van der Waals surface area contributed by atoms with Gasteiger partial charge in [-0.05, 0) is 37.1 Å². The Morgan fingerprint density at radius 1 is 1.31 bits per heavy atom. The Hall–Kier alpha value is -3.49. The van der Waals surface area contributed by atoms with E-state index in [1.165, 1.54) is 12.1 Å². The quantitative estimate of drug-likeness (QED) is 0.631. The van der Waals surface area contributed by atoms with Crippen molar-refractivity contribution in [3.8, 4) is 0 Å². The summed E-state index contributed by atoms with van der Waals surface area (Å²) in [5.74, 6) is 0.0858. The number of nitrogens with one attached hydrogen (secondary N) is 3. The van der Waals surface area contributed by atoms with Crippen molar-refractivity contribution in [2.45, 2.75) is 31.8 Å². The number of fused-ring (bicyclic) bond motifs is 1. The first-order valence-corrected chi connectivity index (χ1v) is 9.42. The number of amides is 3. The molecule has 9 heteroatoms. The molecule has 3 amide bonds. The van der Waals surface area contributed by atoms with Crippen LogP contribution >= 0.6 is 0 Å². The van der Waals surface area contributed by atoms with Crippen LogP contribution in [0.5, 0.6) is 0 Å². The lowest BCUT2D eigenvalue weighted by Gasteiger charge is -2.23. The van der Waals surface area contributed by atoms with Gasteiger partial charge in [0.05, 0.1) is 30.0 Å². The number of halogens is 1. The molecule has 2 aromatic heterocycles. The summed E-state index contributed by atoms with van der Waals surface area (Å²) in [7, 11) is 0. The number of urea groups is 1. The summed E-state index contributed by atoms with van der Waals surface area (Å²) in [4.78, 5) is 28.2. The van der Waals surface area contributed by atoms with E-state index in [1.807, 2.05) is 11.6 Å². The van der Waals surface area contributed by atoms with Gasteiger partial charge in [0.2, 0.25) is 5.91 Å². The second kappa shape index (κ2) is 7.86. The van der Waals surface area contributed by atoms with E-state index in [-0.39, 0.29) is 23.8 Å². The molecule has 3 heterocycles. The molecule has 8 nitrogen and oxygen atoms in total. The van der Waals surface area contributed by atoms with Crippen LogP contribution in [0.4, 0.5) is 15.0 Å². The Labute approximate surface area is 166 Å². The highest BCUT2D eigenvalue weighted by molar-refractivity contribution is 5.91. The lowest BCUT2D eigenvalue weighted by molar-refractivity contribution is -0.123. The number of nitrogens with zero attached hydrogens (tertiary/aromatic N) is 3. The lowest BCUT2D eigenvalue weighted by atomic mass is 10.1. The monoisotopic (exact) mass is 396 g/mol. The maximum atomic E-state index is 13.0. The van der Waals surface area contributed by atoms with Gasteiger partial charge in [0, 0.05) is 18.4 Å². The average Bonchev–Trinajstić information content (AvgIpc) is 3.11. The van der Waals surface area contributed by atoms with E-state index in [2.05, 4.69) is 26.0 Å². The molecule has 0 spiro atoms. The number of carbonyl (C=O) groups excluding carboxylic acids is 2. The van der Waals surface area contributed by atoms with Crippen molar-refractivity contribution < 1.29 is 14.0 Å². The van der Waals surface area contributed by atoms with E-state index in [0.29, 0.717) is 18.8 Å². The van der Waals surface area contributed by atoms with Crippen molar-refractivity contribution in [1.82, 2.24) is 25.4 Å². The van der Waals surface area contributed by atoms with Crippen LogP contribution < -0.4 is 16.0 Å². The molecule has 0 bridgehead atoms. The molecule has 150 valence electrons. The summed E-state index contributed by atoms with van der Waals surface area (Å²) < 4.78 is 14.9. The summed E-state index contributed by atoms with van der Waals surface area (Å²) in [6.07, 6.45) is 4.55. The van der Waals surface area contributed by atoms with Gasteiger partial charge in [-0.2, -0.15) is 5.10 Å². The molecule has 1 aliphatic heterocycles. The minimum absolute atomic E-state index is 0.00159. The lowest BCUT2D eigenvalue weighted by Crippen LogP contribution is -2.34. The van der Waals surface area contributed by atoms with Crippen LogP contribution in [0.1, 0.15) is 37.4 Å². The standard InChI is InChI=1S/C20H21FN6O2/c1-12(13-2-4-15(21)5-3-13)25-20(29)26-18-8-14-10-24-27(17(14)11-23-18)16-6-7-22-19(28)9-16/h2-5,8,10-12,16H,6-7,9H2,1H3,(H,22,28)(H2,23,25,26,29)/t12-,16?/m1/s1. The molecule has 3 N–H and O–H groups in total. The second-order valence-corrected chi connectivity index (χ2v) is 7.09. The Balaban J connectivity index is 1.43. The van der Waals surface area contributed by atoms with E-state index < -0.39 is 6.03 Å². The smallest absolute Gasteiger partial charge is 0.320 e. The second-order valence-electron chi connectivity index (χ2n) is 7.09. The molecular formula is C20H21FN6O2. The molecule has 1 aromatic carbocycles. The number of aromatic nitrogens is 3. The minimum atomic E-state index is -0.412. The summed E-state index contributed by atoms with van der Waals surface area (Å²) in [5, 5.41) is 13.5. The number of hydrogen-bond donors (Lipinski definition) is 3. The van der Waals surface area contributed by atoms with E-state index >= 15 is 0 Å². The van der Waals surface area contributed by atoms with Gasteiger partial charge in [0.25, 0.3) is 0 Å². The molecule has 29 heavy (non-hydrogen) atoms. The Morgan fingerprint density at radius 2 is 2.10 bits per heavy atom. The van der Waals surface area contributed by atoms with Gasteiger partial charge in [-0.25, -0.2) is 14.2 Å². The van der Waals surface area contributed by atoms with E-state index in [1.54, 1.807) is 30.6 Å². The van der Waals surface area contributed by atoms with Crippen LogP contribution in [0, 0.1) is 5.82 Å². The van der Waals surface area contributed by atoms with Gasteiger partial charge in [0.15, 0.2) is 0 Å². The summed E-state index contributed by atoms with van der Waals surface area (Å²) in [5.41, 5.74) is 1.61. The third-order valence-electron chi connectivity index (χ3n) is 5.01. The van der Waals surface area contributed by atoms with Crippen LogP contribution in [0.2, 0.25) is 0 Å². The van der Waals surface area contributed by atoms with Crippen LogP contribution in [0.3, 0.4) is 0 Å². The van der Waals surface area contributed by atoms with Gasteiger partial charge in [0.1, 0.15) is 11.6 Å². The first-order chi connectivity index (χ1) is 14.0. The fourth-order valence-electron chi connectivity index (χ4n) is 3.46. The molecule has 1 aliphatic rings. The molecule has 2 atom stereocenters. The minimum Gasteiger partial charge on any atom is -0.356 e. The fraction of sp³-hybridized carbons (Fsp3) is 0.300. The summed E-state index contributed by atoms with van der Waals surface area (Å²) in [6.45, 7) is 2.44. The molecule has 0 aliphatic carbocycles. The molecule has 1 unspecified atom stereocenters. The third kappa shape index (κ3) is 4.18. The number of carbonyl (C=O) groups is 2. The predicted octanol–water partition coefficient (Wildman–Crippen LogP) is 2.90. The maximum Gasteiger partial charge on any atom is 0.320 e. The molecule has 4 rings (SSSR count). The number of rotatable bonds is 4. The average molecular weight is 396 g/mol. The molecule has 1 saturated heterocycles. The molecule has 1 fully saturated rings. The largest absolute Gasteiger partial charge is 0.356 e. The Morgan fingerprint density at radius 3 is 2.86 bits per heavy atom. The van der Waals surface area contributed by atoms with Crippen LogP contribution in [-0.4, -0.2) is 33.2 Å². The van der Waals surface area contributed by atoms with E-state index in [0.717, 1.165) is 22.9 Å². The van der Waals surface area contributed by atoms with Crippen LogP contribution in [0.25, 0.3) is 10.9 Å². The van der Waals surface area contributed by atoms with E-state index in [4.69, 9.17) is 0 Å². The van der Waals surface area contributed by atoms with Gasteiger partial charge in [-0.15, -0.1) is 0 Å². The number of anilines is 1. The van der Waals surface area contributed by atoms with E-state index in [9.17, 15) is 14.0 Å². The zero-order chi connectivity index (χ0) is 20.4. The molecule has 0 radical (unpaired) electrons. The van der Waals surface area contributed by atoms with Crippen LogP contribution in [-0.2, 0) is 4.79 Å². The first-order valence-electron chi connectivity index (χ1n) is 9.42. The van der Waals surface area contributed by atoms with Crippen molar-refractivity contribution in [2.24, 2.45) is 0 Å². The topological polar surface area (TPSA) is 101 Å². The number of hydrogen-bond acceptors (Lipinski definition) is 4. The highest BCUT2D eigenvalue weighted by atomic mass is 19.1. The van der Waals surface area contributed by atoms with Crippen molar-refractivity contribution in [3.05, 3.63) is 54.1 Å². The highest BCUT2D eigenvalue weighted by Gasteiger charge is 2.22. The molecule has 3 aromatic rings. The van der Waals surface area contributed by atoms with Crippen molar-refractivity contribution in [2.75, 3.05) is 11.9 Å². The highest BCUT2D eigenvalue weighted by Crippen LogP contribution is 2.25. The zero-order valence-corrected chi connectivity index (χ0v) is 15.9. The summed E-state index contributed by atoms with van der Waals surface area (Å²) in [6, 6.07) is 7.01. The van der Waals surface area contributed by atoms with Gasteiger partial charge >= 0.3 is 6.03 Å². The number of piperidine rings is 1. The number of pyridine rings is 1. The van der Waals surface area contributed by atoms with Crippen LogP contribution in [0.15, 0.2) is 42.7 Å². The fourth-order valence-corrected chi connectivity index (χ4v) is 3.46. The Bertz CT molecular complexity index is 1050. The van der Waals surface area contributed by atoms with Crippen molar-refractivity contribution >= 4 is 28.7 Å². The summed E-state index contributed by atoms with van der Waals surface area (Å²) >= 11 is 0. The van der Waals surface area contributed by atoms with Crippen molar-refractivity contribution in [3.63, 3.8) is 0 Å². The predicted molar refractivity (Wildman–Crippen MR) is 106 cm³/mol. The first kappa shape index (κ1) is 18.9. The third-order valence-corrected chi connectivity index (χ3v) is 5.01. The van der Waals surface area contributed by atoms with Gasteiger partial charge < -0.3 is 10.6 Å².